The lowest BCUT2D eigenvalue weighted by Gasteiger charge is -2.25. The summed E-state index contributed by atoms with van der Waals surface area (Å²) in [6, 6.07) is 10.9. The summed E-state index contributed by atoms with van der Waals surface area (Å²) in [5.41, 5.74) is 0.621. The number of amides is 1. The summed E-state index contributed by atoms with van der Waals surface area (Å²) in [4.78, 5) is 37.3. The van der Waals surface area contributed by atoms with Gasteiger partial charge in [0.2, 0.25) is 0 Å². The second-order valence-electron chi connectivity index (χ2n) is 6.69. The zero-order chi connectivity index (χ0) is 21.8. The number of methoxy groups -OCH3 is 1. The molecule has 1 saturated heterocycles. The van der Waals surface area contributed by atoms with Gasteiger partial charge in [-0.05, 0) is 48.4 Å². The fourth-order valence-electron chi connectivity index (χ4n) is 3.38. The molecule has 1 N–H and O–H groups in total. The molecule has 0 unspecified atom stereocenters. The predicted molar refractivity (Wildman–Crippen MR) is 110 cm³/mol. The van der Waals surface area contributed by atoms with Crippen LogP contribution in [0.25, 0.3) is 5.76 Å². The molecule has 0 aliphatic carbocycles. The van der Waals surface area contributed by atoms with Crippen LogP contribution in [0.4, 0.5) is 5.69 Å². The van der Waals surface area contributed by atoms with E-state index in [1.54, 1.807) is 24.3 Å². The normalized spacial score (nSPS) is 18.1. The number of Topliss-reactive ketones (excluding diaryl/α,β-unsaturated/α-hetero) is 1. The van der Waals surface area contributed by atoms with Gasteiger partial charge in [-0.15, -0.1) is 0 Å². The first-order valence-electron chi connectivity index (χ1n) is 9.12. The zero-order valence-corrected chi connectivity index (χ0v) is 16.8. The lowest BCUT2D eigenvalue weighted by Crippen LogP contribution is -2.31. The second kappa shape index (κ2) is 9.06. The van der Waals surface area contributed by atoms with Gasteiger partial charge in [-0.1, -0.05) is 11.6 Å². The van der Waals surface area contributed by atoms with Gasteiger partial charge in [0.15, 0.2) is 0 Å². The number of nitrogens with zero attached hydrogens (tertiary/aromatic N) is 2. The maximum Gasteiger partial charge on any atom is 0.295 e. The highest BCUT2D eigenvalue weighted by Gasteiger charge is 2.45. The summed E-state index contributed by atoms with van der Waals surface area (Å²) in [5.74, 6) is -1.89. The molecule has 1 atom stereocenters. The number of aliphatic hydroxyl groups is 1. The first-order chi connectivity index (χ1) is 14.3. The minimum Gasteiger partial charge on any atom is -0.507 e. The van der Waals surface area contributed by atoms with Crippen molar-refractivity contribution in [3.8, 4) is 0 Å². The van der Waals surface area contributed by atoms with E-state index in [2.05, 4.69) is 0 Å². The average Bonchev–Trinajstić information content (AvgIpc) is 2.99. The maximum absolute atomic E-state index is 12.8. The number of nitro benzene ring substituents is 1. The molecule has 1 amide bonds. The fraction of sp³-hybridized carbons (Fsp3) is 0.238. The molecule has 156 valence electrons. The summed E-state index contributed by atoms with van der Waals surface area (Å²) in [5, 5.41) is 22.3. The van der Waals surface area contributed by atoms with Crippen molar-refractivity contribution in [1.82, 2.24) is 4.90 Å². The van der Waals surface area contributed by atoms with Gasteiger partial charge in [-0.2, -0.15) is 0 Å². The lowest BCUT2D eigenvalue weighted by molar-refractivity contribution is -0.384. The monoisotopic (exact) mass is 430 g/mol. The first kappa shape index (κ1) is 21.5. The molecule has 0 radical (unpaired) electrons. The molecule has 2 aromatic carbocycles. The van der Waals surface area contributed by atoms with Crippen molar-refractivity contribution in [2.75, 3.05) is 20.3 Å². The van der Waals surface area contributed by atoms with Crippen LogP contribution in [0.2, 0.25) is 5.02 Å². The fourth-order valence-corrected chi connectivity index (χ4v) is 3.50. The Hall–Kier alpha value is -3.23. The molecule has 2 aromatic rings. The predicted octanol–water partition coefficient (Wildman–Crippen LogP) is 3.71. The van der Waals surface area contributed by atoms with E-state index in [4.69, 9.17) is 16.3 Å². The van der Waals surface area contributed by atoms with E-state index in [0.29, 0.717) is 29.2 Å². The molecule has 1 heterocycles. The molecule has 3 rings (SSSR count). The smallest absolute Gasteiger partial charge is 0.295 e. The average molecular weight is 431 g/mol. The van der Waals surface area contributed by atoms with Crippen LogP contribution >= 0.6 is 11.6 Å². The number of likely N-dealkylation sites (tertiary alicyclic amines) is 1. The summed E-state index contributed by atoms with van der Waals surface area (Å²) in [7, 11) is 1.53. The molecule has 1 fully saturated rings. The highest BCUT2D eigenvalue weighted by atomic mass is 35.5. The third-order valence-corrected chi connectivity index (χ3v) is 5.08. The van der Waals surface area contributed by atoms with E-state index in [9.17, 15) is 24.8 Å². The van der Waals surface area contributed by atoms with Gasteiger partial charge in [0.25, 0.3) is 17.4 Å². The van der Waals surface area contributed by atoms with Crippen LogP contribution in [0.1, 0.15) is 23.6 Å². The molecule has 1 aliphatic rings. The minimum atomic E-state index is -0.877. The quantitative estimate of drug-likeness (QED) is 0.179. The second-order valence-corrected chi connectivity index (χ2v) is 7.13. The Morgan fingerprint density at radius 2 is 1.80 bits per heavy atom. The van der Waals surface area contributed by atoms with E-state index in [1.807, 2.05) is 0 Å². The largest absolute Gasteiger partial charge is 0.507 e. The minimum absolute atomic E-state index is 0.0754. The number of carbonyl (C=O) groups excluding carboxylic acids is 2. The number of aliphatic hydroxyl groups excluding tert-OH is 1. The van der Waals surface area contributed by atoms with Crippen molar-refractivity contribution >= 4 is 34.7 Å². The molecule has 0 saturated carbocycles. The number of nitro groups is 1. The highest BCUT2D eigenvalue weighted by molar-refractivity contribution is 6.46. The Balaban J connectivity index is 2.11. The molecular formula is C21H19ClN2O6. The number of hydrogen-bond donors (Lipinski definition) is 1. The zero-order valence-electron chi connectivity index (χ0n) is 16.1. The van der Waals surface area contributed by atoms with E-state index < -0.39 is 22.7 Å². The van der Waals surface area contributed by atoms with Crippen LogP contribution in [-0.2, 0) is 14.3 Å². The van der Waals surface area contributed by atoms with Crippen molar-refractivity contribution < 1.29 is 24.4 Å². The van der Waals surface area contributed by atoms with Gasteiger partial charge in [0.1, 0.15) is 5.76 Å². The first-order valence-corrected chi connectivity index (χ1v) is 9.50. The SMILES string of the molecule is COCCCN1C(=O)C(=O)C(=C(O)c2ccc(Cl)cc2)[C@@H]1c1ccc([N+](=O)[O-])cc1. The van der Waals surface area contributed by atoms with Crippen molar-refractivity contribution in [3.63, 3.8) is 0 Å². The van der Waals surface area contributed by atoms with Crippen LogP contribution in [0.15, 0.2) is 54.1 Å². The Bertz CT molecular complexity index is 1000. The van der Waals surface area contributed by atoms with Crippen molar-refractivity contribution in [1.29, 1.82) is 0 Å². The van der Waals surface area contributed by atoms with E-state index >= 15 is 0 Å². The van der Waals surface area contributed by atoms with Gasteiger partial charge in [0.05, 0.1) is 16.5 Å². The Morgan fingerprint density at radius 1 is 1.17 bits per heavy atom. The van der Waals surface area contributed by atoms with Crippen LogP contribution < -0.4 is 0 Å². The number of benzene rings is 2. The molecule has 0 aromatic heterocycles. The molecule has 9 heteroatoms. The van der Waals surface area contributed by atoms with Crippen LogP contribution in [0, 0.1) is 10.1 Å². The van der Waals surface area contributed by atoms with Gasteiger partial charge in [0, 0.05) is 43.0 Å². The van der Waals surface area contributed by atoms with E-state index in [1.165, 1.54) is 36.3 Å². The summed E-state index contributed by atoms with van der Waals surface area (Å²) in [6.45, 7) is 0.602. The summed E-state index contributed by atoms with van der Waals surface area (Å²) < 4.78 is 5.03. The van der Waals surface area contributed by atoms with Crippen molar-refractivity contribution in [2.24, 2.45) is 0 Å². The highest BCUT2D eigenvalue weighted by Crippen LogP contribution is 2.39. The van der Waals surface area contributed by atoms with Gasteiger partial charge < -0.3 is 14.7 Å². The Morgan fingerprint density at radius 3 is 2.37 bits per heavy atom. The number of non-ortho nitro benzene ring substituents is 1. The molecule has 30 heavy (non-hydrogen) atoms. The topological polar surface area (TPSA) is 110 Å². The number of halogens is 1. The van der Waals surface area contributed by atoms with Crippen LogP contribution in [0.3, 0.4) is 0 Å². The molecule has 0 bridgehead atoms. The van der Waals surface area contributed by atoms with Gasteiger partial charge in [-0.25, -0.2) is 0 Å². The standard InChI is InChI=1S/C21H19ClN2O6/c1-30-12-2-11-23-18(13-5-9-16(10-6-13)24(28)29)17(20(26)21(23)27)19(25)14-3-7-15(22)8-4-14/h3-10,18,25H,2,11-12H2,1H3/t18-/m0/s1. The summed E-state index contributed by atoms with van der Waals surface area (Å²) >= 11 is 5.89. The number of rotatable bonds is 7. The number of carbonyl (C=O) groups is 2. The molecule has 0 spiro atoms. The molecule has 8 nitrogen and oxygen atoms in total. The molecule has 1 aliphatic heterocycles. The number of hydrogen-bond acceptors (Lipinski definition) is 6. The molecular weight excluding hydrogens is 412 g/mol. The lowest BCUT2D eigenvalue weighted by atomic mass is 9.95. The number of ether oxygens (including phenoxy) is 1. The van der Waals surface area contributed by atoms with E-state index in [0.717, 1.165) is 0 Å². The van der Waals surface area contributed by atoms with Gasteiger partial charge in [-0.3, -0.25) is 19.7 Å². The van der Waals surface area contributed by atoms with Crippen LogP contribution in [0.5, 0.6) is 0 Å². The third-order valence-electron chi connectivity index (χ3n) is 4.82. The summed E-state index contributed by atoms with van der Waals surface area (Å²) in [6.07, 6.45) is 0.480. The van der Waals surface area contributed by atoms with Crippen LogP contribution in [-0.4, -0.2) is 46.9 Å². The maximum atomic E-state index is 12.8. The van der Waals surface area contributed by atoms with Gasteiger partial charge >= 0.3 is 0 Å². The van der Waals surface area contributed by atoms with Crippen molar-refractivity contribution in [3.05, 3.63) is 80.4 Å². The Labute approximate surface area is 177 Å². The third kappa shape index (κ3) is 4.19. The number of ketones is 1. The van der Waals surface area contributed by atoms with E-state index in [-0.39, 0.29) is 23.6 Å². The Kier molecular flexibility index (Phi) is 6.49. The van der Waals surface area contributed by atoms with Crippen molar-refractivity contribution in [2.45, 2.75) is 12.5 Å².